The average molecular weight is 283 g/mol. The summed E-state index contributed by atoms with van der Waals surface area (Å²) in [6.45, 7) is 5.35. The number of hydrogen-bond acceptors (Lipinski definition) is 3. The van der Waals surface area contributed by atoms with E-state index in [-0.39, 0.29) is 18.5 Å². The van der Waals surface area contributed by atoms with Crippen molar-refractivity contribution in [2.45, 2.75) is 51.1 Å². The first kappa shape index (κ1) is 15.1. The molecule has 0 aromatic rings. The van der Waals surface area contributed by atoms with E-state index in [2.05, 4.69) is 17.1 Å². The summed E-state index contributed by atoms with van der Waals surface area (Å²) >= 11 is 0. The lowest BCUT2D eigenvalue weighted by Crippen LogP contribution is -2.46. The van der Waals surface area contributed by atoms with Gasteiger partial charge in [-0.2, -0.15) is 0 Å². The number of nitrogens with one attached hydrogen (secondary N) is 1. The van der Waals surface area contributed by atoms with Crippen molar-refractivity contribution in [3.63, 3.8) is 0 Å². The molecule has 1 atom stereocenters. The quantitative estimate of drug-likeness (QED) is 0.734. The minimum absolute atomic E-state index is 0.0522. The lowest BCUT2D eigenvalue weighted by atomic mass is 10.1. The molecule has 1 saturated carbocycles. The molecule has 6 nitrogen and oxygen atoms in total. The van der Waals surface area contributed by atoms with Crippen LogP contribution in [0.4, 0.5) is 4.79 Å². The van der Waals surface area contributed by atoms with Crippen LogP contribution in [0, 0.1) is 0 Å². The van der Waals surface area contributed by atoms with Crippen LogP contribution >= 0.6 is 0 Å². The first-order valence-corrected chi connectivity index (χ1v) is 7.62. The van der Waals surface area contributed by atoms with Crippen molar-refractivity contribution in [2.75, 3.05) is 26.2 Å². The van der Waals surface area contributed by atoms with Crippen LogP contribution in [-0.4, -0.2) is 65.2 Å². The molecule has 0 aromatic heterocycles. The minimum Gasteiger partial charge on any atom is -0.481 e. The van der Waals surface area contributed by atoms with Crippen LogP contribution in [0.5, 0.6) is 0 Å². The van der Waals surface area contributed by atoms with E-state index in [1.165, 1.54) is 12.8 Å². The van der Waals surface area contributed by atoms with Gasteiger partial charge in [-0.05, 0) is 32.2 Å². The van der Waals surface area contributed by atoms with Gasteiger partial charge < -0.3 is 15.3 Å². The van der Waals surface area contributed by atoms with E-state index < -0.39 is 5.97 Å². The normalized spacial score (nSPS) is 22.3. The Labute approximate surface area is 120 Å². The fourth-order valence-corrected chi connectivity index (χ4v) is 2.96. The number of aliphatic carboxylic acids is 1. The highest BCUT2D eigenvalue weighted by Gasteiger charge is 2.31. The van der Waals surface area contributed by atoms with Crippen molar-refractivity contribution in [3.05, 3.63) is 0 Å². The van der Waals surface area contributed by atoms with E-state index in [1.807, 2.05) is 0 Å². The molecule has 2 aliphatic rings. The molecule has 20 heavy (non-hydrogen) atoms. The lowest BCUT2D eigenvalue weighted by molar-refractivity contribution is -0.137. The maximum atomic E-state index is 12.1. The Morgan fingerprint density at radius 2 is 2.10 bits per heavy atom. The molecule has 114 valence electrons. The average Bonchev–Trinajstić information content (AvgIpc) is 3.14. The van der Waals surface area contributed by atoms with Crippen molar-refractivity contribution >= 4 is 12.0 Å². The van der Waals surface area contributed by atoms with Gasteiger partial charge >= 0.3 is 12.0 Å². The van der Waals surface area contributed by atoms with Crippen molar-refractivity contribution in [1.82, 2.24) is 15.1 Å². The van der Waals surface area contributed by atoms with Gasteiger partial charge in [-0.1, -0.05) is 6.92 Å². The highest BCUT2D eigenvalue weighted by molar-refractivity contribution is 5.76. The second kappa shape index (κ2) is 6.92. The van der Waals surface area contributed by atoms with Gasteiger partial charge in [0.25, 0.3) is 0 Å². The second-order valence-electron chi connectivity index (χ2n) is 5.68. The molecule has 2 amide bonds. The third-order valence-electron chi connectivity index (χ3n) is 4.19. The predicted molar refractivity (Wildman–Crippen MR) is 75.6 cm³/mol. The first-order valence-electron chi connectivity index (χ1n) is 7.62. The van der Waals surface area contributed by atoms with Gasteiger partial charge in [0.2, 0.25) is 0 Å². The van der Waals surface area contributed by atoms with Crippen molar-refractivity contribution in [1.29, 1.82) is 0 Å². The van der Waals surface area contributed by atoms with Gasteiger partial charge in [-0.3, -0.25) is 9.69 Å². The number of rotatable bonds is 7. The third-order valence-corrected chi connectivity index (χ3v) is 4.19. The number of carbonyl (C=O) groups excluding carboxylic acids is 1. The van der Waals surface area contributed by atoms with Crippen LogP contribution < -0.4 is 5.32 Å². The molecular weight excluding hydrogens is 258 g/mol. The highest BCUT2D eigenvalue weighted by Crippen LogP contribution is 2.26. The topological polar surface area (TPSA) is 72.9 Å². The summed E-state index contributed by atoms with van der Waals surface area (Å²) in [6, 6.07) is 0.460. The van der Waals surface area contributed by atoms with Crippen LogP contribution in [0.3, 0.4) is 0 Å². The fraction of sp³-hybridized carbons (Fsp3) is 0.857. The molecule has 6 heteroatoms. The highest BCUT2D eigenvalue weighted by atomic mass is 16.4. The van der Waals surface area contributed by atoms with E-state index in [4.69, 9.17) is 5.11 Å². The van der Waals surface area contributed by atoms with Gasteiger partial charge in [0, 0.05) is 31.7 Å². The van der Waals surface area contributed by atoms with Crippen LogP contribution in [0.15, 0.2) is 0 Å². The molecule has 1 saturated heterocycles. The molecule has 0 bridgehead atoms. The maximum absolute atomic E-state index is 12.1. The summed E-state index contributed by atoms with van der Waals surface area (Å²) in [4.78, 5) is 26.9. The van der Waals surface area contributed by atoms with E-state index >= 15 is 0 Å². The van der Waals surface area contributed by atoms with Gasteiger partial charge in [0.1, 0.15) is 0 Å². The molecule has 1 aliphatic carbocycles. The van der Waals surface area contributed by atoms with Crippen LogP contribution in [0.1, 0.15) is 39.0 Å². The summed E-state index contributed by atoms with van der Waals surface area (Å²) in [7, 11) is 0. The molecule has 0 aromatic carbocycles. The largest absolute Gasteiger partial charge is 0.481 e. The smallest absolute Gasteiger partial charge is 0.317 e. The molecule has 1 unspecified atom stereocenters. The number of urea groups is 1. The molecule has 0 spiro atoms. The molecule has 1 heterocycles. The zero-order valence-corrected chi connectivity index (χ0v) is 12.2. The van der Waals surface area contributed by atoms with E-state index in [9.17, 15) is 9.59 Å². The molecular formula is C14H25N3O3. The predicted octanol–water partition coefficient (Wildman–Crippen LogP) is 1.12. The number of carbonyl (C=O) groups is 2. The SMILES string of the molecule is CCN(CCNC(=O)N1CCCC1CC(=O)O)C1CC1. The molecule has 2 fully saturated rings. The second-order valence-corrected chi connectivity index (χ2v) is 5.68. The van der Waals surface area contributed by atoms with Crippen LogP contribution in [0.25, 0.3) is 0 Å². The summed E-state index contributed by atoms with van der Waals surface area (Å²) in [6.07, 6.45) is 4.29. The molecule has 0 radical (unpaired) electrons. The standard InChI is InChI=1S/C14H25N3O3/c1-2-16(11-5-6-11)9-7-15-14(20)17-8-3-4-12(17)10-13(18)19/h11-12H,2-10H2,1H3,(H,15,20)(H,18,19). The third kappa shape index (κ3) is 4.10. The van der Waals surface area contributed by atoms with Gasteiger partial charge in [-0.15, -0.1) is 0 Å². The Kier molecular flexibility index (Phi) is 5.23. The zero-order valence-electron chi connectivity index (χ0n) is 12.2. The van der Waals surface area contributed by atoms with Gasteiger partial charge in [-0.25, -0.2) is 4.79 Å². The number of carboxylic acid groups (broad SMARTS) is 1. The molecule has 1 aliphatic heterocycles. The Balaban J connectivity index is 1.71. The van der Waals surface area contributed by atoms with Crippen molar-refractivity contribution in [3.8, 4) is 0 Å². The monoisotopic (exact) mass is 283 g/mol. The number of hydrogen-bond donors (Lipinski definition) is 2. The Bertz CT molecular complexity index is 358. The van der Waals surface area contributed by atoms with Gasteiger partial charge in [0.05, 0.1) is 6.42 Å². The number of carboxylic acids is 1. The van der Waals surface area contributed by atoms with Gasteiger partial charge in [0.15, 0.2) is 0 Å². The maximum Gasteiger partial charge on any atom is 0.317 e. The fourth-order valence-electron chi connectivity index (χ4n) is 2.96. The van der Waals surface area contributed by atoms with Crippen molar-refractivity contribution < 1.29 is 14.7 Å². The summed E-state index contributed by atoms with van der Waals surface area (Å²) in [5.41, 5.74) is 0. The molecule has 2 rings (SSSR count). The Hall–Kier alpha value is -1.30. The van der Waals surface area contributed by atoms with Crippen molar-refractivity contribution in [2.24, 2.45) is 0 Å². The zero-order chi connectivity index (χ0) is 14.5. The first-order chi connectivity index (χ1) is 9.61. The summed E-state index contributed by atoms with van der Waals surface area (Å²) in [5, 5.41) is 11.8. The van der Waals surface area contributed by atoms with E-state index in [1.54, 1.807) is 4.90 Å². The lowest BCUT2D eigenvalue weighted by Gasteiger charge is -2.25. The number of likely N-dealkylation sites (tertiary alicyclic amines) is 1. The number of amides is 2. The summed E-state index contributed by atoms with van der Waals surface area (Å²) < 4.78 is 0. The van der Waals surface area contributed by atoms with Crippen LogP contribution in [-0.2, 0) is 4.79 Å². The summed E-state index contributed by atoms with van der Waals surface area (Å²) in [5.74, 6) is -0.833. The Morgan fingerprint density at radius 1 is 1.35 bits per heavy atom. The number of likely N-dealkylation sites (N-methyl/N-ethyl adjacent to an activating group) is 1. The number of nitrogens with zero attached hydrogens (tertiary/aromatic N) is 2. The van der Waals surface area contributed by atoms with E-state index in [0.29, 0.717) is 19.1 Å². The van der Waals surface area contributed by atoms with E-state index in [0.717, 1.165) is 25.9 Å². The Morgan fingerprint density at radius 3 is 2.70 bits per heavy atom. The van der Waals surface area contributed by atoms with Crippen LogP contribution in [0.2, 0.25) is 0 Å². The minimum atomic E-state index is -0.833. The molecule has 2 N–H and O–H groups in total.